The van der Waals surface area contributed by atoms with Gasteiger partial charge in [0.2, 0.25) is 10.0 Å². The van der Waals surface area contributed by atoms with Gasteiger partial charge in [-0.05, 0) is 49.9 Å². The fourth-order valence-electron chi connectivity index (χ4n) is 3.36. The first kappa shape index (κ1) is 16.3. The van der Waals surface area contributed by atoms with Gasteiger partial charge < -0.3 is 10.1 Å². The fraction of sp³-hybridized carbons (Fsp3) is 0.562. The van der Waals surface area contributed by atoms with Gasteiger partial charge in [-0.15, -0.1) is 0 Å². The summed E-state index contributed by atoms with van der Waals surface area (Å²) in [6.07, 6.45) is 3.95. The summed E-state index contributed by atoms with van der Waals surface area (Å²) in [4.78, 5) is 12.3. The lowest BCUT2D eigenvalue weighted by atomic mass is 10.1. The molecule has 23 heavy (non-hydrogen) atoms. The Hall–Kier alpha value is -1.60. The van der Waals surface area contributed by atoms with E-state index in [1.165, 1.54) is 10.6 Å². The van der Waals surface area contributed by atoms with Crippen molar-refractivity contribution in [2.45, 2.75) is 38.3 Å². The summed E-state index contributed by atoms with van der Waals surface area (Å²) in [5, 5.41) is 2.89. The molecule has 2 aliphatic heterocycles. The molecule has 0 aromatic heterocycles. The van der Waals surface area contributed by atoms with Crippen LogP contribution in [0.4, 0.5) is 5.69 Å². The molecule has 0 saturated carbocycles. The maximum absolute atomic E-state index is 12.3. The van der Waals surface area contributed by atoms with Crippen LogP contribution in [0.2, 0.25) is 0 Å². The van der Waals surface area contributed by atoms with Crippen molar-refractivity contribution in [2.24, 2.45) is 0 Å². The zero-order chi connectivity index (χ0) is 16.6. The third-order valence-corrected chi connectivity index (χ3v) is 5.64. The first-order valence-corrected chi connectivity index (χ1v) is 9.73. The van der Waals surface area contributed by atoms with Crippen LogP contribution in [0.15, 0.2) is 18.2 Å². The molecule has 0 spiro atoms. The maximum Gasteiger partial charge on any atom is 0.251 e. The number of carbonyl (C=O) groups excluding carboxylic acids is 1. The van der Waals surface area contributed by atoms with Gasteiger partial charge in [-0.25, -0.2) is 8.42 Å². The van der Waals surface area contributed by atoms with E-state index in [-0.39, 0.29) is 18.1 Å². The molecule has 0 unspecified atom stereocenters. The smallest absolute Gasteiger partial charge is 0.251 e. The number of nitrogens with one attached hydrogen (secondary N) is 1. The van der Waals surface area contributed by atoms with Crippen LogP contribution in [-0.4, -0.2) is 45.9 Å². The molecule has 6 nitrogen and oxygen atoms in total. The van der Waals surface area contributed by atoms with Crippen LogP contribution in [0, 0.1) is 0 Å². The van der Waals surface area contributed by atoms with Crippen molar-refractivity contribution in [1.82, 2.24) is 5.32 Å². The minimum Gasteiger partial charge on any atom is -0.376 e. The number of fused-ring (bicyclic) bond motifs is 1. The molecule has 0 radical (unpaired) electrons. The van der Waals surface area contributed by atoms with E-state index in [1.807, 2.05) is 6.92 Å². The second-order valence-corrected chi connectivity index (χ2v) is 8.16. The lowest BCUT2D eigenvalue weighted by Gasteiger charge is -2.22. The minimum atomic E-state index is -3.30. The molecule has 1 amide bonds. The number of nitrogens with zero attached hydrogens (tertiary/aromatic N) is 1. The van der Waals surface area contributed by atoms with Crippen molar-refractivity contribution in [3.8, 4) is 0 Å². The van der Waals surface area contributed by atoms with Crippen molar-refractivity contribution in [1.29, 1.82) is 0 Å². The van der Waals surface area contributed by atoms with E-state index in [2.05, 4.69) is 5.32 Å². The largest absolute Gasteiger partial charge is 0.376 e. The molecular weight excluding hydrogens is 316 g/mol. The van der Waals surface area contributed by atoms with Crippen molar-refractivity contribution in [3.05, 3.63) is 29.3 Å². The number of amides is 1. The van der Waals surface area contributed by atoms with Crippen LogP contribution in [0.25, 0.3) is 0 Å². The van der Waals surface area contributed by atoms with Gasteiger partial charge in [-0.3, -0.25) is 9.10 Å². The van der Waals surface area contributed by atoms with E-state index in [4.69, 9.17) is 4.74 Å². The Bertz CT molecular complexity index is 711. The summed E-state index contributed by atoms with van der Waals surface area (Å²) >= 11 is 0. The maximum atomic E-state index is 12.3. The quantitative estimate of drug-likeness (QED) is 0.898. The molecule has 0 aliphatic carbocycles. The average molecular weight is 338 g/mol. The van der Waals surface area contributed by atoms with Crippen molar-refractivity contribution < 1.29 is 17.9 Å². The Morgan fingerprint density at radius 1 is 1.43 bits per heavy atom. The number of sulfonamides is 1. The number of benzene rings is 1. The standard InChI is InChI=1S/C16H22N2O4S/c1-11-8-13-9-12(5-6-15(13)18(11)23(2,20)21)16(19)17-10-14-4-3-7-22-14/h5-6,9,11,14H,3-4,7-8,10H2,1-2H3,(H,17,19)/t11-,14+/m1/s1. The Balaban J connectivity index is 1.74. The SMILES string of the molecule is C[C@@H]1Cc2cc(C(=O)NC[C@@H]3CCCO3)ccc2N1S(C)(=O)=O. The molecule has 0 bridgehead atoms. The second-order valence-electron chi connectivity index (χ2n) is 6.30. The normalized spacial score (nSPS) is 23.8. The highest BCUT2D eigenvalue weighted by molar-refractivity contribution is 7.92. The molecule has 2 atom stereocenters. The van der Waals surface area contributed by atoms with E-state index in [9.17, 15) is 13.2 Å². The predicted octanol–water partition coefficient (Wildman–Crippen LogP) is 1.31. The van der Waals surface area contributed by atoms with Gasteiger partial charge in [0, 0.05) is 24.8 Å². The molecule has 2 heterocycles. The zero-order valence-corrected chi connectivity index (χ0v) is 14.2. The molecule has 2 aliphatic rings. The topological polar surface area (TPSA) is 75.7 Å². The number of anilines is 1. The van der Waals surface area contributed by atoms with Gasteiger partial charge >= 0.3 is 0 Å². The number of rotatable bonds is 4. The average Bonchev–Trinajstić information content (AvgIpc) is 3.09. The van der Waals surface area contributed by atoms with E-state index in [0.717, 1.165) is 25.0 Å². The number of hydrogen-bond donors (Lipinski definition) is 1. The molecule has 1 aromatic rings. The van der Waals surface area contributed by atoms with Crippen molar-refractivity contribution in [2.75, 3.05) is 23.7 Å². The van der Waals surface area contributed by atoms with Crippen LogP contribution in [0.3, 0.4) is 0 Å². The third kappa shape index (κ3) is 3.35. The Morgan fingerprint density at radius 3 is 2.87 bits per heavy atom. The van der Waals surface area contributed by atoms with Crippen molar-refractivity contribution in [3.63, 3.8) is 0 Å². The summed E-state index contributed by atoms with van der Waals surface area (Å²) in [5.41, 5.74) is 2.13. The molecular formula is C16H22N2O4S. The summed E-state index contributed by atoms with van der Waals surface area (Å²) in [7, 11) is -3.30. The molecule has 7 heteroatoms. The molecule has 126 valence electrons. The van der Waals surface area contributed by atoms with Crippen LogP contribution in [-0.2, 0) is 21.2 Å². The van der Waals surface area contributed by atoms with Gasteiger partial charge in [-0.2, -0.15) is 0 Å². The minimum absolute atomic E-state index is 0.106. The van der Waals surface area contributed by atoms with Crippen molar-refractivity contribution >= 4 is 21.6 Å². The Kier molecular flexibility index (Phi) is 4.33. The first-order chi connectivity index (χ1) is 10.9. The Labute approximate surface area is 136 Å². The third-order valence-electron chi connectivity index (χ3n) is 4.37. The number of ether oxygens (including phenoxy) is 1. The molecule has 1 fully saturated rings. The van der Waals surface area contributed by atoms with Gasteiger partial charge in [0.1, 0.15) is 0 Å². The lowest BCUT2D eigenvalue weighted by molar-refractivity contribution is 0.0857. The molecule has 1 aromatic carbocycles. The van der Waals surface area contributed by atoms with E-state index < -0.39 is 10.0 Å². The van der Waals surface area contributed by atoms with Crippen LogP contribution >= 0.6 is 0 Å². The zero-order valence-electron chi connectivity index (χ0n) is 13.4. The summed E-state index contributed by atoms with van der Waals surface area (Å²) in [5.74, 6) is -0.145. The highest BCUT2D eigenvalue weighted by Gasteiger charge is 2.32. The van der Waals surface area contributed by atoms with Crippen LogP contribution in [0.5, 0.6) is 0 Å². The molecule has 3 rings (SSSR count). The summed E-state index contributed by atoms with van der Waals surface area (Å²) in [6, 6.07) is 5.08. The summed E-state index contributed by atoms with van der Waals surface area (Å²) < 4.78 is 30.7. The van der Waals surface area contributed by atoms with Gasteiger partial charge in [-0.1, -0.05) is 0 Å². The van der Waals surface area contributed by atoms with E-state index >= 15 is 0 Å². The highest BCUT2D eigenvalue weighted by atomic mass is 32.2. The monoisotopic (exact) mass is 338 g/mol. The Morgan fingerprint density at radius 2 is 2.22 bits per heavy atom. The van der Waals surface area contributed by atoms with Gasteiger partial charge in [0.05, 0.1) is 18.0 Å². The molecule has 1 saturated heterocycles. The highest BCUT2D eigenvalue weighted by Crippen LogP contribution is 2.34. The number of carbonyl (C=O) groups is 1. The van der Waals surface area contributed by atoms with Crippen LogP contribution in [0.1, 0.15) is 35.7 Å². The fourth-order valence-corrected chi connectivity index (χ4v) is 4.63. The lowest BCUT2D eigenvalue weighted by Crippen LogP contribution is -2.34. The number of hydrogen-bond acceptors (Lipinski definition) is 4. The second kappa shape index (κ2) is 6.13. The first-order valence-electron chi connectivity index (χ1n) is 7.88. The van der Waals surface area contributed by atoms with E-state index in [1.54, 1.807) is 18.2 Å². The van der Waals surface area contributed by atoms with Gasteiger partial charge in [0.25, 0.3) is 5.91 Å². The predicted molar refractivity (Wildman–Crippen MR) is 88.2 cm³/mol. The van der Waals surface area contributed by atoms with Crippen LogP contribution < -0.4 is 9.62 Å². The van der Waals surface area contributed by atoms with Gasteiger partial charge in [0.15, 0.2) is 0 Å². The van der Waals surface area contributed by atoms with E-state index in [0.29, 0.717) is 24.2 Å². The molecule has 1 N–H and O–H groups in total. The summed E-state index contributed by atoms with van der Waals surface area (Å²) in [6.45, 7) is 3.15.